The molecular weight excluding hydrogens is 378 g/mol. The summed E-state index contributed by atoms with van der Waals surface area (Å²) >= 11 is 0. The molecule has 0 radical (unpaired) electrons. The summed E-state index contributed by atoms with van der Waals surface area (Å²) in [4.78, 5) is 24.8. The number of carbonyl (C=O) groups is 2. The number of nitrogens with one attached hydrogen (secondary N) is 2. The number of benzene rings is 3. The highest BCUT2D eigenvalue weighted by atomic mass is 16.3. The van der Waals surface area contributed by atoms with Gasteiger partial charge < -0.3 is 10.4 Å². The molecule has 0 atom stereocenters. The van der Waals surface area contributed by atoms with Crippen LogP contribution in [-0.2, 0) is 4.79 Å². The molecule has 0 aliphatic heterocycles. The summed E-state index contributed by atoms with van der Waals surface area (Å²) in [6.45, 7) is 7.58. The van der Waals surface area contributed by atoms with Crippen LogP contribution in [0.5, 0.6) is 5.75 Å². The summed E-state index contributed by atoms with van der Waals surface area (Å²) in [6.07, 6.45) is 0.0384. The van der Waals surface area contributed by atoms with Gasteiger partial charge >= 0.3 is 0 Å². The third-order valence-corrected chi connectivity index (χ3v) is 4.85. The lowest BCUT2D eigenvalue weighted by Gasteiger charge is -2.13. The number of amides is 2. The van der Waals surface area contributed by atoms with Gasteiger partial charge in [0, 0.05) is 16.8 Å². The van der Waals surface area contributed by atoms with Crippen molar-refractivity contribution in [2.24, 2.45) is 5.10 Å². The molecule has 0 aliphatic carbocycles. The first-order valence-corrected chi connectivity index (χ1v) is 9.68. The largest absolute Gasteiger partial charge is 0.506 e. The Morgan fingerprint density at radius 1 is 1.00 bits per heavy atom. The molecule has 6 heteroatoms. The van der Waals surface area contributed by atoms with Gasteiger partial charge in [0.15, 0.2) is 0 Å². The van der Waals surface area contributed by atoms with Crippen molar-refractivity contribution in [2.45, 2.75) is 34.1 Å². The highest BCUT2D eigenvalue weighted by molar-refractivity contribution is 6.07. The quantitative estimate of drug-likeness (QED) is 0.429. The molecule has 0 spiro atoms. The fourth-order valence-electron chi connectivity index (χ4n) is 3.48. The van der Waals surface area contributed by atoms with Gasteiger partial charge in [-0.1, -0.05) is 48.0 Å². The van der Waals surface area contributed by atoms with Crippen LogP contribution in [0.2, 0.25) is 0 Å². The summed E-state index contributed by atoms with van der Waals surface area (Å²) in [7, 11) is 0. The molecule has 0 fully saturated rings. The normalized spacial score (nSPS) is 11.4. The maximum absolute atomic E-state index is 12.4. The molecule has 3 rings (SSSR count). The first-order valence-electron chi connectivity index (χ1n) is 9.68. The van der Waals surface area contributed by atoms with E-state index < -0.39 is 5.91 Å². The molecule has 3 N–H and O–H groups in total. The molecule has 0 saturated heterocycles. The molecule has 154 valence electrons. The van der Waals surface area contributed by atoms with E-state index in [4.69, 9.17) is 0 Å². The van der Waals surface area contributed by atoms with Crippen LogP contribution in [0.3, 0.4) is 0 Å². The van der Waals surface area contributed by atoms with E-state index in [9.17, 15) is 14.7 Å². The molecule has 3 aromatic rings. The number of nitrogens with zero attached hydrogens (tertiary/aromatic N) is 1. The molecule has 0 aromatic heterocycles. The van der Waals surface area contributed by atoms with Gasteiger partial charge in [0.2, 0.25) is 5.91 Å². The fraction of sp³-hybridized carbons (Fsp3) is 0.208. The third-order valence-electron chi connectivity index (χ3n) is 4.85. The van der Waals surface area contributed by atoms with E-state index in [0.29, 0.717) is 11.1 Å². The second kappa shape index (κ2) is 8.78. The minimum atomic E-state index is -0.539. The Labute approximate surface area is 175 Å². The van der Waals surface area contributed by atoms with Gasteiger partial charge in [-0.25, -0.2) is 5.43 Å². The van der Waals surface area contributed by atoms with E-state index in [1.165, 1.54) is 0 Å². The minimum absolute atomic E-state index is 0.0384. The number of aryl methyl sites for hydroxylation is 3. The Balaban J connectivity index is 1.66. The van der Waals surface area contributed by atoms with Crippen molar-refractivity contribution in [3.63, 3.8) is 0 Å². The van der Waals surface area contributed by atoms with Gasteiger partial charge in [-0.2, -0.15) is 5.10 Å². The Hall–Kier alpha value is -3.67. The zero-order valence-electron chi connectivity index (χ0n) is 17.5. The summed E-state index contributed by atoms with van der Waals surface area (Å²) < 4.78 is 0. The Morgan fingerprint density at radius 3 is 2.37 bits per heavy atom. The topological polar surface area (TPSA) is 90.8 Å². The number of carbonyl (C=O) groups excluding carboxylic acids is 2. The van der Waals surface area contributed by atoms with Gasteiger partial charge in [0.05, 0.1) is 12.0 Å². The van der Waals surface area contributed by atoms with Crippen LogP contribution in [0.25, 0.3) is 10.8 Å². The van der Waals surface area contributed by atoms with Crippen molar-refractivity contribution in [1.82, 2.24) is 5.43 Å². The number of hydrogen-bond acceptors (Lipinski definition) is 4. The van der Waals surface area contributed by atoms with Crippen LogP contribution in [-0.4, -0.2) is 22.6 Å². The molecule has 2 amide bonds. The van der Waals surface area contributed by atoms with Crippen LogP contribution in [0, 0.1) is 20.8 Å². The highest BCUT2D eigenvalue weighted by Gasteiger charge is 2.14. The van der Waals surface area contributed by atoms with Crippen molar-refractivity contribution in [2.75, 3.05) is 5.32 Å². The van der Waals surface area contributed by atoms with Gasteiger partial charge in [0.1, 0.15) is 5.75 Å². The van der Waals surface area contributed by atoms with E-state index in [2.05, 4.69) is 15.8 Å². The van der Waals surface area contributed by atoms with E-state index in [1.54, 1.807) is 31.2 Å². The van der Waals surface area contributed by atoms with Crippen LogP contribution < -0.4 is 10.7 Å². The number of aromatic hydroxyl groups is 1. The molecule has 6 nitrogen and oxygen atoms in total. The van der Waals surface area contributed by atoms with Gasteiger partial charge in [-0.3, -0.25) is 9.59 Å². The number of phenols is 1. The number of anilines is 1. The van der Waals surface area contributed by atoms with Crippen LogP contribution in [0.1, 0.15) is 40.4 Å². The maximum atomic E-state index is 12.4. The average Bonchev–Trinajstić information content (AvgIpc) is 2.69. The van der Waals surface area contributed by atoms with Crippen molar-refractivity contribution < 1.29 is 14.7 Å². The molecule has 0 aliphatic rings. The standard InChI is InChI=1S/C24H25N3O3/c1-14-11-15(2)22(16(3)12-14)25-21(28)13-17(4)26-27-24(30)20-10-9-18-7-5-6-8-19(18)23(20)29/h5-12,29H,13H2,1-4H3,(H,25,28)(H,27,30)/b26-17+. The van der Waals surface area contributed by atoms with Crippen LogP contribution >= 0.6 is 0 Å². The molecule has 0 saturated carbocycles. The zero-order chi connectivity index (χ0) is 21.8. The number of hydrazone groups is 1. The minimum Gasteiger partial charge on any atom is -0.506 e. The smallest absolute Gasteiger partial charge is 0.275 e. The zero-order valence-corrected chi connectivity index (χ0v) is 17.5. The summed E-state index contributed by atoms with van der Waals surface area (Å²) in [5, 5.41) is 18.7. The van der Waals surface area contributed by atoms with E-state index in [0.717, 1.165) is 27.8 Å². The molecule has 0 bridgehead atoms. The second-order valence-corrected chi connectivity index (χ2v) is 7.47. The van der Waals surface area contributed by atoms with Crippen LogP contribution in [0.15, 0.2) is 53.6 Å². The number of rotatable bonds is 5. The average molecular weight is 403 g/mol. The predicted molar refractivity (Wildman–Crippen MR) is 120 cm³/mol. The Morgan fingerprint density at radius 2 is 1.67 bits per heavy atom. The molecule has 0 heterocycles. The lowest BCUT2D eigenvalue weighted by atomic mass is 10.0. The van der Waals surface area contributed by atoms with Crippen LogP contribution in [0.4, 0.5) is 5.69 Å². The van der Waals surface area contributed by atoms with Crippen molar-refractivity contribution in [3.05, 3.63) is 70.8 Å². The first kappa shape index (κ1) is 21.0. The van der Waals surface area contributed by atoms with E-state index in [1.807, 2.05) is 45.0 Å². The first-order chi connectivity index (χ1) is 14.3. The summed E-state index contributed by atoms with van der Waals surface area (Å²) in [6, 6.07) is 14.6. The van der Waals surface area contributed by atoms with Gasteiger partial charge in [-0.05, 0) is 50.3 Å². The molecule has 3 aromatic carbocycles. The second-order valence-electron chi connectivity index (χ2n) is 7.47. The third kappa shape index (κ3) is 4.66. The van der Waals surface area contributed by atoms with E-state index in [-0.39, 0.29) is 23.6 Å². The summed E-state index contributed by atoms with van der Waals surface area (Å²) in [5.41, 5.74) is 6.91. The van der Waals surface area contributed by atoms with Gasteiger partial charge in [0.25, 0.3) is 5.91 Å². The number of fused-ring (bicyclic) bond motifs is 1. The highest BCUT2D eigenvalue weighted by Crippen LogP contribution is 2.28. The van der Waals surface area contributed by atoms with Crippen molar-refractivity contribution >= 4 is 34.0 Å². The molecule has 0 unspecified atom stereocenters. The molecule has 30 heavy (non-hydrogen) atoms. The monoisotopic (exact) mass is 403 g/mol. The summed E-state index contributed by atoms with van der Waals surface area (Å²) in [5.74, 6) is -0.848. The van der Waals surface area contributed by atoms with E-state index >= 15 is 0 Å². The Kier molecular flexibility index (Phi) is 6.16. The Bertz CT molecular complexity index is 1140. The van der Waals surface area contributed by atoms with Gasteiger partial charge in [-0.15, -0.1) is 0 Å². The predicted octanol–water partition coefficient (Wildman–Crippen LogP) is 4.61. The van der Waals surface area contributed by atoms with Crippen molar-refractivity contribution in [3.8, 4) is 5.75 Å². The lowest BCUT2D eigenvalue weighted by Crippen LogP contribution is -2.22. The molecular formula is C24H25N3O3. The lowest BCUT2D eigenvalue weighted by molar-refractivity contribution is -0.115. The van der Waals surface area contributed by atoms with Crippen molar-refractivity contribution in [1.29, 1.82) is 0 Å². The maximum Gasteiger partial charge on any atom is 0.275 e. The fourth-order valence-corrected chi connectivity index (χ4v) is 3.48. The SMILES string of the molecule is C/C(CC(=O)Nc1c(C)cc(C)cc1C)=N\NC(=O)c1ccc2ccccc2c1O. The number of hydrogen-bond donors (Lipinski definition) is 3. The number of phenolic OH excluding ortho intramolecular Hbond substituents is 1.